The Hall–Kier alpha value is -2.49. The zero-order valence-electron chi connectivity index (χ0n) is 13.7. The van der Waals surface area contributed by atoms with Crippen molar-refractivity contribution in [2.24, 2.45) is 0 Å². The number of carbonyl (C=O) groups is 2. The Balaban J connectivity index is 2.37. The number of phenolic OH excluding ortho intramolecular Hbond substituents is 1. The lowest BCUT2D eigenvalue weighted by molar-refractivity contribution is -0.147. The summed E-state index contributed by atoms with van der Waals surface area (Å²) in [4.78, 5) is 21.5. The molecule has 0 bridgehead atoms. The lowest BCUT2D eigenvalue weighted by Crippen LogP contribution is -2.21. The van der Waals surface area contributed by atoms with Crippen molar-refractivity contribution in [2.45, 2.75) is 11.8 Å². The number of sulfone groups is 1. The number of benzene rings is 2. The van der Waals surface area contributed by atoms with Gasteiger partial charge < -0.3 is 20.3 Å². The first-order valence-corrected chi connectivity index (χ1v) is 9.73. The molecule has 1 amide bonds. The molecule has 0 fully saturated rings. The van der Waals surface area contributed by atoms with Crippen LogP contribution in [0.25, 0.3) is 0 Å². The van der Waals surface area contributed by atoms with E-state index in [-0.39, 0.29) is 37.9 Å². The Labute approximate surface area is 164 Å². The molecular weight excluding hydrogens is 421 g/mol. The van der Waals surface area contributed by atoms with Crippen molar-refractivity contribution >= 4 is 50.6 Å². The smallest absolute Gasteiger partial charge is 0.394 e. The van der Waals surface area contributed by atoms with Crippen LogP contribution in [0.15, 0.2) is 35.2 Å². The normalized spacial score (nSPS) is 11.1. The van der Waals surface area contributed by atoms with Crippen molar-refractivity contribution in [1.82, 2.24) is 0 Å². The number of hydrogen-bond donors (Lipinski definition) is 3. The molecule has 0 spiro atoms. The van der Waals surface area contributed by atoms with Gasteiger partial charge in [0.25, 0.3) is 0 Å². The second-order valence-corrected chi connectivity index (χ2v) is 8.22. The number of carboxylic acid groups (broad SMARTS) is 1. The molecule has 0 aliphatic carbocycles. The Bertz CT molecular complexity index is 998. The molecule has 0 saturated heterocycles. The van der Waals surface area contributed by atoms with E-state index < -0.39 is 27.5 Å². The number of rotatable bonds is 5. The third kappa shape index (κ3) is 4.82. The van der Waals surface area contributed by atoms with Gasteiger partial charge in [0.1, 0.15) is 16.4 Å². The van der Waals surface area contributed by atoms with E-state index in [4.69, 9.17) is 33.0 Å². The average Bonchev–Trinajstić information content (AvgIpc) is 2.59. The van der Waals surface area contributed by atoms with Gasteiger partial charge in [-0.15, -0.1) is 0 Å². The van der Waals surface area contributed by atoms with Crippen LogP contribution in [0.2, 0.25) is 10.0 Å². The number of carboxylic acids is 1. The second kappa shape index (κ2) is 8.03. The molecule has 144 valence electrons. The molecule has 3 N–H and O–H groups in total. The van der Waals surface area contributed by atoms with Gasteiger partial charge >= 0.3 is 11.9 Å². The van der Waals surface area contributed by atoms with Gasteiger partial charge in [0.15, 0.2) is 15.6 Å². The van der Waals surface area contributed by atoms with Gasteiger partial charge in [-0.1, -0.05) is 30.1 Å². The average molecular weight is 434 g/mol. The molecule has 0 aliphatic heterocycles. The van der Waals surface area contributed by atoms with Gasteiger partial charge in [-0.05, 0) is 24.3 Å². The summed E-state index contributed by atoms with van der Waals surface area (Å²) in [5, 5.41) is 20.3. The summed E-state index contributed by atoms with van der Waals surface area (Å²) in [6.45, 7) is 1.43. The monoisotopic (exact) mass is 433 g/mol. The Morgan fingerprint density at radius 2 is 1.74 bits per heavy atom. The van der Waals surface area contributed by atoms with Crippen LogP contribution in [0.4, 0.5) is 5.69 Å². The van der Waals surface area contributed by atoms with Crippen molar-refractivity contribution in [2.75, 3.05) is 11.1 Å². The van der Waals surface area contributed by atoms with E-state index in [1.807, 2.05) is 0 Å². The van der Waals surface area contributed by atoms with E-state index in [9.17, 15) is 23.1 Å². The van der Waals surface area contributed by atoms with Crippen molar-refractivity contribution in [3.8, 4) is 17.2 Å². The molecule has 0 aliphatic rings. The molecule has 0 unspecified atom stereocenters. The summed E-state index contributed by atoms with van der Waals surface area (Å²) < 4.78 is 29.5. The molecule has 2 aromatic carbocycles. The molecule has 2 rings (SSSR count). The van der Waals surface area contributed by atoms with E-state index in [1.54, 1.807) is 0 Å². The fourth-order valence-corrected chi connectivity index (χ4v) is 3.55. The molecular formula is C16H13Cl2NO7S. The van der Waals surface area contributed by atoms with Gasteiger partial charge in [-0.25, -0.2) is 13.2 Å². The molecule has 8 nitrogen and oxygen atoms in total. The molecule has 11 heteroatoms. The predicted molar refractivity (Wildman–Crippen MR) is 98.6 cm³/mol. The van der Waals surface area contributed by atoms with Crippen LogP contribution >= 0.6 is 23.2 Å². The van der Waals surface area contributed by atoms with Crippen molar-refractivity contribution < 1.29 is 33.0 Å². The molecule has 0 aromatic heterocycles. The van der Waals surface area contributed by atoms with Gasteiger partial charge in [0, 0.05) is 11.8 Å². The van der Waals surface area contributed by atoms with Crippen LogP contribution in [-0.2, 0) is 19.4 Å². The summed E-state index contributed by atoms with van der Waals surface area (Å²) >= 11 is 12.1. The fourth-order valence-electron chi connectivity index (χ4n) is 1.99. The van der Waals surface area contributed by atoms with E-state index in [1.165, 1.54) is 25.1 Å². The Morgan fingerprint density at radius 1 is 1.15 bits per heavy atom. The summed E-state index contributed by atoms with van der Waals surface area (Å²) in [7, 11) is -3.69. The molecule has 27 heavy (non-hydrogen) atoms. The minimum atomic E-state index is -3.69. The van der Waals surface area contributed by atoms with Crippen LogP contribution in [-0.4, -0.2) is 36.3 Å². The van der Waals surface area contributed by atoms with Crippen molar-refractivity contribution in [3.05, 3.63) is 40.4 Å². The SMILES string of the molecule is CCS(=O)(=O)c1cc(Oc2c(Cl)cc(NC(=O)C(=O)O)cc2Cl)ccc1O. The Kier molecular flexibility index (Phi) is 6.19. The molecule has 0 radical (unpaired) electrons. The summed E-state index contributed by atoms with van der Waals surface area (Å²) in [6.07, 6.45) is 0. The minimum Gasteiger partial charge on any atom is -0.507 e. The van der Waals surface area contributed by atoms with Crippen molar-refractivity contribution in [1.29, 1.82) is 0 Å². The summed E-state index contributed by atoms with van der Waals surface area (Å²) in [5.74, 6) is -3.60. The summed E-state index contributed by atoms with van der Waals surface area (Å²) in [6, 6.07) is 6.03. The molecule has 2 aromatic rings. The van der Waals surface area contributed by atoms with Gasteiger partial charge in [-0.3, -0.25) is 4.79 Å². The molecule has 0 heterocycles. The predicted octanol–water partition coefficient (Wildman–Crippen LogP) is 3.31. The maximum Gasteiger partial charge on any atom is 0.394 e. The first-order chi connectivity index (χ1) is 12.5. The third-order valence-corrected chi connectivity index (χ3v) is 5.64. The van der Waals surface area contributed by atoms with Crippen LogP contribution in [0.1, 0.15) is 6.92 Å². The maximum absolute atomic E-state index is 12.0. The van der Waals surface area contributed by atoms with Gasteiger partial charge in [0.05, 0.1) is 15.8 Å². The van der Waals surface area contributed by atoms with E-state index in [0.29, 0.717) is 0 Å². The van der Waals surface area contributed by atoms with Crippen LogP contribution in [0.5, 0.6) is 17.2 Å². The second-order valence-electron chi connectivity index (χ2n) is 5.16. The maximum atomic E-state index is 12.0. The number of ether oxygens (including phenoxy) is 1. The zero-order chi connectivity index (χ0) is 20.4. The Morgan fingerprint density at radius 3 is 2.26 bits per heavy atom. The topological polar surface area (TPSA) is 130 Å². The summed E-state index contributed by atoms with van der Waals surface area (Å²) in [5.41, 5.74) is 0.0321. The van der Waals surface area contributed by atoms with E-state index >= 15 is 0 Å². The van der Waals surface area contributed by atoms with Crippen LogP contribution < -0.4 is 10.1 Å². The number of amides is 1. The largest absolute Gasteiger partial charge is 0.507 e. The quantitative estimate of drug-likeness (QED) is 0.616. The standard InChI is InChI=1S/C16H13Cl2NO7S/c1-2-27(24,25)13-7-9(3-4-12(13)20)26-14-10(17)5-8(6-11(14)18)19-15(21)16(22)23/h3-7,20H,2H2,1H3,(H,19,21)(H,22,23). The third-order valence-electron chi connectivity index (χ3n) is 3.32. The lowest BCUT2D eigenvalue weighted by atomic mass is 10.2. The highest BCUT2D eigenvalue weighted by atomic mass is 35.5. The number of hydrogen-bond acceptors (Lipinski definition) is 6. The van der Waals surface area contributed by atoms with Gasteiger partial charge in [0.2, 0.25) is 0 Å². The minimum absolute atomic E-state index is 0.0321. The van der Waals surface area contributed by atoms with Crippen LogP contribution in [0.3, 0.4) is 0 Å². The highest BCUT2D eigenvalue weighted by Gasteiger charge is 2.19. The van der Waals surface area contributed by atoms with E-state index in [0.717, 1.165) is 12.1 Å². The van der Waals surface area contributed by atoms with Gasteiger partial charge in [-0.2, -0.15) is 0 Å². The first kappa shape index (κ1) is 20.8. The lowest BCUT2D eigenvalue weighted by Gasteiger charge is -2.13. The van der Waals surface area contributed by atoms with Crippen LogP contribution in [0, 0.1) is 0 Å². The molecule has 0 saturated carbocycles. The fraction of sp³-hybridized carbons (Fsp3) is 0.125. The molecule has 0 atom stereocenters. The number of anilines is 1. The highest BCUT2D eigenvalue weighted by molar-refractivity contribution is 7.91. The number of phenols is 1. The highest BCUT2D eigenvalue weighted by Crippen LogP contribution is 2.40. The number of aliphatic carboxylic acids is 1. The van der Waals surface area contributed by atoms with Crippen molar-refractivity contribution in [3.63, 3.8) is 0 Å². The first-order valence-electron chi connectivity index (χ1n) is 7.32. The zero-order valence-corrected chi connectivity index (χ0v) is 16.0. The number of nitrogens with one attached hydrogen (secondary N) is 1. The number of halogens is 2. The number of aromatic hydroxyl groups is 1. The van der Waals surface area contributed by atoms with E-state index in [2.05, 4.69) is 5.32 Å². The number of carbonyl (C=O) groups excluding carboxylic acids is 1.